The fourth-order valence-electron chi connectivity index (χ4n) is 1.42. The molecule has 18 heavy (non-hydrogen) atoms. The number of anilines is 2. The van der Waals surface area contributed by atoms with E-state index in [-0.39, 0.29) is 12.3 Å². The van der Waals surface area contributed by atoms with Gasteiger partial charge in [-0.2, -0.15) is 13.2 Å². The monoisotopic (exact) mass is 262 g/mol. The Morgan fingerprint density at radius 1 is 1.33 bits per heavy atom. The molecule has 0 aliphatic heterocycles. The fraction of sp³-hybridized carbons (Fsp3) is 0.500. The average molecular weight is 262 g/mol. The number of hydrogen-bond donors (Lipinski definition) is 3. The standard InChI is InChI=1S/C12H17F3N2O/c1-3-11(2,7-18)17-10-5-4-8(6-9(10)16)12(13,14)15/h4-6,17-18H,3,7,16H2,1-2H3. The van der Waals surface area contributed by atoms with Crippen molar-refractivity contribution in [2.75, 3.05) is 17.7 Å². The molecular weight excluding hydrogens is 245 g/mol. The van der Waals surface area contributed by atoms with Crippen LogP contribution < -0.4 is 11.1 Å². The Morgan fingerprint density at radius 3 is 2.33 bits per heavy atom. The molecule has 3 nitrogen and oxygen atoms in total. The van der Waals surface area contributed by atoms with Gasteiger partial charge in [0.05, 0.1) is 29.1 Å². The second-order valence-corrected chi connectivity index (χ2v) is 4.50. The molecule has 0 saturated carbocycles. The lowest BCUT2D eigenvalue weighted by Gasteiger charge is -2.29. The number of aliphatic hydroxyl groups excluding tert-OH is 1. The molecule has 1 unspecified atom stereocenters. The molecule has 0 bridgehead atoms. The van der Waals surface area contributed by atoms with Crippen molar-refractivity contribution in [2.45, 2.75) is 32.0 Å². The summed E-state index contributed by atoms with van der Waals surface area (Å²) in [4.78, 5) is 0. The topological polar surface area (TPSA) is 58.3 Å². The van der Waals surface area contributed by atoms with Gasteiger partial charge in [0.15, 0.2) is 0 Å². The van der Waals surface area contributed by atoms with Crippen LogP contribution in [0.25, 0.3) is 0 Å². The SMILES string of the molecule is CCC(C)(CO)Nc1ccc(C(F)(F)F)cc1N. The van der Waals surface area contributed by atoms with Crippen LogP contribution in [0.3, 0.4) is 0 Å². The van der Waals surface area contributed by atoms with Crippen LogP contribution in [0, 0.1) is 0 Å². The van der Waals surface area contributed by atoms with Crippen LogP contribution in [0.4, 0.5) is 24.5 Å². The average Bonchev–Trinajstić information content (AvgIpc) is 2.30. The largest absolute Gasteiger partial charge is 0.416 e. The number of benzene rings is 1. The molecule has 0 radical (unpaired) electrons. The summed E-state index contributed by atoms with van der Waals surface area (Å²) in [7, 11) is 0. The second-order valence-electron chi connectivity index (χ2n) is 4.50. The quantitative estimate of drug-likeness (QED) is 0.731. The molecule has 4 N–H and O–H groups in total. The van der Waals surface area contributed by atoms with Crippen molar-refractivity contribution in [1.82, 2.24) is 0 Å². The van der Waals surface area contributed by atoms with Gasteiger partial charge in [-0.05, 0) is 31.5 Å². The van der Waals surface area contributed by atoms with Crippen LogP contribution in [0.1, 0.15) is 25.8 Å². The van der Waals surface area contributed by atoms with Crippen LogP contribution in [-0.2, 0) is 6.18 Å². The van der Waals surface area contributed by atoms with Gasteiger partial charge in [-0.3, -0.25) is 0 Å². The molecule has 0 amide bonds. The highest BCUT2D eigenvalue weighted by molar-refractivity contribution is 5.68. The number of halogens is 3. The molecule has 102 valence electrons. The van der Waals surface area contributed by atoms with E-state index in [1.807, 2.05) is 6.92 Å². The van der Waals surface area contributed by atoms with Gasteiger partial charge in [0.25, 0.3) is 0 Å². The summed E-state index contributed by atoms with van der Waals surface area (Å²) in [5.74, 6) is 0. The molecule has 0 spiro atoms. The molecule has 1 atom stereocenters. The normalized spacial score (nSPS) is 15.2. The number of nitrogens with two attached hydrogens (primary N) is 1. The maximum absolute atomic E-state index is 12.5. The van der Waals surface area contributed by atoms with Crippen molar-refractivity contribution in [3.8, 4) is 0 Å². The minimum absolute atomic E-state index is 0.0120. The molecule has 0 aromatic heterocycles. The van der Waals surface area contributed by atoms with Crippen molar-refractivity contribution in [3.05, 3.63) is 23.8 Å². The van der Waals surface area contributed by atoms with Gasteiger partial charge in [-0.1, -0.05) is 6.92 Å². The zero-order chi connectivity index (χ0) is 14.0. The third kappa shape index (κ3) is 3.29. The maximum atomic E-state index is 12.5. The number of aliphatic hydroxyl groups is 1. The summed E-state index contributed by atoms with van der Waals surface area (Å²) in [6, 6.07) is 3.13. The van der Waals surface area contributed by atoms with Crippen molar-refractivity contribution in [1.29, 1.82) is 0 Å². The molecule has 1 aromatic carbocycles. The van der Waals surface area contributed by atoms with Crippen LogP contribution in [0.5, 0.6) is 0 Å². The highest BCUT2D eigenvalue weighted by Crippen LogP contribution is 2.33. The van der Waals surface area contributed by atoms with Gasteiger partial charge in [-0.25, -0.2) is 0 Å². The van der Waals surface area contributed by atoms with Gasteiger partial charge >= 0.3 is 6.18 Å². The first kappa shape index (κ1) is 14.6. The Labute approximate surface area is 104 Å². The van der Waals surface area contributed by atoms with Crippen LogP contribution in [0.2, 0.25) is 0 Å². The Balaban J connectivity index is 3.00. The Morgan fingerprint density at radius 2 is 1.94 bits per heavy atom. The summed E-state index contributed by atoms with van der Waals surface area (Å²) in [5, 5.41) is 12.2. The number of nitrogen functional groups attached to an aromatic ring is 1. The maximum Gasteiger partial charge on any atom is 0.416 e. The fourth-order valence-corrected chi connectivity index (χ4v) is 1.42. The van der Waals surface area contributed by atoms with E-state index in [0.29, 0.717) is 12.1 Å². The van der Waals surface area contributed by atoms with Gasteiger partial charge in [0, 0.05) is 0 Å². The highest BCUT2D eigenvalue weighted by Gasteiger charge is 2.31. The third-order valence-electron chi connectivity index (χ3n) is 2.94. The van der Waals surface area contributed by atoms with E-state index in [9.17, 15) is 18.3 Å². The van der Waals surface area contributed by atoms with E-state index in [2.05, 4.69) is 5.32 Å². The lowest BCUT2D eigenvalue weighted by atomic mass is 9.99. The molecular formula is C12H17F3N2O. The van der Waals surface area contributed by atoms with Gasteiger partial charge in [0.1, 0.15) is 0 Å². The molecule has 6 heteroatoms. The Hall–Kier alpha value is -1.43. The molecule has 0 aliphatic carbocycles. The van der Waals surface area contributed by atoms with Gasteiger partial charge < -0.3 is 16.2 Å². The van der Waals surface area contributed by atoms with Crippen molar-refractivity contribution in [3.63, 3.8) is 0 Å². The second kappa shape index (κ2) is 5.06. The van der Waals surface area contributed by atoms with E-state index in [1.165, 1.54) is 6.07 Å². The molecule has 0 heterocycles. The molecule has 1 rings (SSSR count). The van der Waals surface area contributed by atoms with E-state index in [4.69, 9.17) is 5.73 Å². The first-order valence-corrected chi connectivity index (χ1v) is 5.57. The van der Waals surface area contributed by atoms with E-state index < -0.39 is 17.3 Å². The van der Waals surface area contributed by atoms with E-state index in [0.717, 1.165) is 12.1 Å². The lowest BCUT2D eigenvalue weighted by molar-refractivity contribution is -0.137. The summed E-state index contributed by atoms with van der Waals surface area (Å²) in [6.07, 6.45) is -3.79. The minimum Gasteiger partial charge on any atom is -0.397 e. The minimum atomic E-state index is -4.41. The molecule has 0 saturated heterocycles. The molecule has 0 fully saturated rings. The molecule has 1 aromatic rings. The predicted molar refractivity (Wildman–Crippen MR) is 65.3 cm³/mol. The van der Waals surface area contributed by atoms with E-state index >= 15 is 0 Å². The summed E-state index contributed by atoms with van der Waals surface area (Å²) < 4.78 is 37.4. The first-order chi connectivity index (χ1) is 8.22. The number of hydrogen-bond acceptors (Lipinski definition) is 3. The summed E-state index contributed by atoms with van der Waals surface area (Å²) in [6.45, 7) is 3.50. The summed E-state index contributed by atoms with van der Waals surface area (Å²) in [5.41, 5.74) is 4.60. The number of rotatable bonds is 4. The van der Waals surface area contributed by atoms with Crippen molar-refractivity contribution < 1.29 is 18.3 Å². The van der Waals surface area contributed by atoms with Crippen LogP contribution in [-0.4, -0.2) is 17.3 Å². The Kier molecular flexibility index (Phi) is 4.11. The van der Waals surface area contributed by atoms with Crippen molar-refractivity contribution >= 4 is 11.4 Å². The number of nitrogens with one attached hydrogen (secondary N) is 1. The smallest absolute Gasteiger partial charge is 0.397 e. The summed E-state index contributed by atoms with van der Waals surface area (Å²) >= 11 is 0. The van der Waals surface area contributed by atoms with Crippen molar-refractivity contribution in [2.24, 2.45) is 0 Å². The zero-order valence-electron chi connectivity index (χ0n) is 10.3. The third-order valence-corrected chi connectivity index (χ3v) is 2.94. The predicted octanol–water partition coefficient (Wildman–Crippen LogP) is 2.86. The van der Waals surface area contributed by atoms with Gasteiger partial charge in [-0.15, -0.1) is 0 Å². The zero-order valence-corrected chi connectivity index (χ0v) is 10.3. The lowest BCUT2D eigenvalue weighted by Crippen LogP contribution is -2.38. The highest BCUT2D eigenvalue weighted by atomic mass is 19.4. The molecule has 0 aliphatic rings. The number of alkyl halides is 3. The van der Waals surface area contributed by atoms with Gasteiger partial charge in [0.2, 0.25) is 0 Å². The van der Waals surface area contributed by atoms with Crippen LogP contribution in [0.15, 0.2) is 18.2 Å². The first-order valence-electron chi connectivity index (χ1n) is 5.57. The van der Waals surface area contributed by atoms with E-state index in [1.54, 1.807) is 6.92 Å². The Bertz CT molecular complexity index is 414. The van der Waals surface area contributed by atoms with Crippen LogP contribution >= 0.6 is 0 Å².